The highest BCUT2D eigenvalue weighted by Gasteiger charge is 2.36. The quantitative estimate of drug-likeness (QED) is 0.118. The minimum absolute atomic E-state index is 0.0403. The Labute approximate surface area is 817 Å². The van der Waals surface area contributed by atoms with Crippen molar-refractivity contribution < 1.29 is 13.3 Å². The number of furan rings is 3. The van der Waals surface area contributed by atoms with Gasteiger partial charge in [-0.3, -0.25) is 0 Å². The zero-order chi connectivity index (χ0) is 93.5. The number of fused-ring (bicyclic) bond motifs is 29. The van der Waals surface area contributed by atoms with Crippen LogP contribution in [0, 0.1) is 0 Å². The first kappa shape index (κ1) is 80.9. The lowest BCUT2D eigenvalue weighted by molar-refractivity contribution is 0.660. The van der Waals surface area contributed by atoms with Crippen LogP contribution < -0.4 is 0 Å². The van der Waals surface area contributed by atoms with Crippen molar-refractivity contribution in [2.45, 2.75) is 19.3 Å². The fourth-order valence-corrected chi connectivity index (χ4v) is 24.3. The average molecular weight is 1800 g/mol. The molecule has 0 amide bonds. The maximum absolute atomic E-state index is 6.48. The molecule has 27 aromatic carbocycles. The van der Waals surface area contributed by atoms with Crippen molar-refractivity contribution in [3.63, 3.8) is 0 Å². The summed E-state index contributed by atoms with van der Waals surface area (Å²) in [6.07, 6.45) is 0. The Hall–Kier alpha value is -18.3. The Morgan fingerprint density at radius 2 is 0.430 bits per heavy atom. The molecule has 660 valence electrons. The normalized spacial score (nSPS) is 12.5. The summed E-state index contributed by atoms with van der Waals surface area (Å²) in [4.78, 5) is 0. The fraction of sp³-hybridized carbons (Fsp3) is 0.0216. The van der Waals surface area contributed by atoms with Crippen LogP contribution in [0.5, 0.6) is 0 Å². The molecule has 3 heteroatoms. The zero-order valence-electron chi connectivity index (χ0n) is 77.9. The van der Waals surface area contributed by atoms with Crippen molar-refractivity contribution in [1.82, 2.24) is 0 Å². The first-order valence-electron chi connectivity index (χ1n) is 49.2. The second-order valence-electron chi connectivity index (χ2n) is 38.9. The van der Waals surface area contributed by atoms with Crippen LogP contribution in [-0.2, 0) is 5.41 Å². The van der Waals surface area contributed by atoms with E-state index in [-0.39, 0.29) is 5.41 Å². The Balaban J connectivity index is 0.000000102. The van der Waals surface area contributed by atoms with Crippen LogP contribution in [0.25, 0.3) is 295 Å². The van der Waals surface area contributed by atoms with E-state index in [9.17, 15) is 0 Å². The second-order valence-corrected chi connectivity index (χ2v) is 38.9. The summed E-state index contributed by atoms with van der Waals surface area (Å²) in [7, 11) is 0. The monoisotopic (exact) mass is 1800 g/mol. The molecule has 0 bridgehead atoms. The van der Waals surface area contributed by atoms with Crippen LogP contribution in [0.3, 0.4) is 0 Å². The summed E-state index contributed by atoms with van der Waals surface area (Å²) in [6, 6.07) is 177. The lowest BCUT2D eigenvalue weighted by atomic mass is 9.81. The molecule has 1 aliphatic carbocycles. The third-order valence-electron chi connectivity index (χ3n) is 30.9. The van der Waals surface area contributed by atoms with Gasteiger partial charge in [0.05, 0.1) is 0 Å². The first-order chi connectivity index (χ1) is 70.2. The molecule has 0 radical (unpaired) electrons. The van der Waals surface area contributed by atoms with Crippen molar-refractivity contribution in [2.24, 2.45) is 0 Å². The van der Waals surface area contributed by atoms with Gasteiger partial charge in [-0.2, -0.15) is 0 Å². The summed E-state index contributed by atoms with van der Waals surface area (Å²) in [5.74, 6) is 0. The lowest BCUT2D eigenvalue weighted by Crippen LogP contribution is -2.14. The maximum Gasteiger partial charge on any atom is 0.143 e. The van der Waals surface area contributed by atoms with E-state index >= 15 is 0 Å². The highest BCUT2D eigenvalue weighted by molar-refractivity contribution is 6.29. The second kappa shape index (κ2) is 31.9. The molecular weight excluding hydrogens is 1720 g/mol. The third kappa shape index (κ3) is 12.6. The fourth-order valence-electron chi connectivity index (χ4n) is 24.3. The summed E-state index contributed by atoms with van der Waals surface area (Å²) in [6.45, 7) is 4.71. The minimum atomic E-state index is -0.0403. The molecule has 0 saturated heterocycles. The molecule has 3 heterocycles. The smallest absolute Gasteiger partial charge is 0.143 e. The zero-order valence-corrected chi connectivity index (χ0v) is 77.9. The molecule has 1 aliphatic rings. The molecule has 0 fully saturated rings. The standard InChI is InChI=1S/C51H34O.2C44H26O/c1-51(2)45-21-10-9-16-37(45)38-24-22-34(29-46(38)51)31-14-11-15-35(26-31)49-39-17-5-7-19-41(39)50(42-20-8-6-18-40(42)49)36-23-25-47-43(28-36)44-27-32-12-3-4-13-33(32)30-48(44)52-47;1-3-12-30-27(10-1)20-23-33-32(30)18-9-19-34(33)43-37-16-7-5-14-35(37)42(36-15-6-8-17-38(36)43)29-22-25-41-40(26-29)39-24-21-28-11-2-4-13-31(28)44(39)45-41;1-3-11-32-27(9-1)17-18-29-25-30(20-22-33(29)32)42-35-13-5-7-15-37(35)43(38-16-8-6-14-36(38)42)31-21-24-41-40(26-31)39-23-19-28-10-2-4-12-34(28)44(39)45-41/h3-30H,1-2H3;2*1-26H. The summed E-state index contributed by atoms with van der Waals surface area (Å²) in [5.41, 5.74) is 28.4. The molecule has 0 aliphatic heterocycles. The van der Waals surface area contributed by atoms with E-state index in [0.717, 1.165) is 76.6 Å². The van der Waals surface area contributed by atoms with Gasteiger partial charge in [0.15, 0.2) is 0 Å². The van der Waals surface area contributed by atoms with Gasteiger partial charge in [0.2, 0.25) is 0 Å². The van der Waals surface area contributed by atoms with Gasteiger partial charge in [-0.1, -0.05) is 420 Å². The molecule has 3 aromatic heterocycles. The molecule has 0 saturated carbocycles. The van der Waals surface area contributed by atoms with Gasteiger partial charge in [-0.15, -0.1) is 0 Å². The van der Waals surface area contributed by atoms with Gasteiger partial charge >= 0.3 is 0 Å². The van der Waals surface area contributed by atoms with Gasteiger partial charge in [0.1, 0.15) is 33.5 Å². The average Bonchev–Trinajstić information content (AvgIpc) is 0.800. The summed E-state index contributed by atoms with van der Waals surface area (Å²) in [5, 5.41) is 39.2. The Morgan fingerprint density at radius 1 is 0.134 bits per heavy atom. The van der Waals surface area contributed by atoms with E-state index in [1.165, 1.54) is 229 Å². The van der Waals surface area contributed by atoms with E-state index in [4.69, 9.17) is 13.3 Å². The van der Waals surface area contributed by atoms with Gasteiger partial charge < -0.3 is 13.3 Å². The van der Waals surface area contributed by atoms with Crippen LogP contribution in [-0.4, -0.2) is 0 Å². The van der Waals surface area contributed by atoms with E-state index < -0.39 is 0 Å². The number of hydrogen-bond acceptors (Lipinski definition) is 3. The Bertz CT molecular complexity index is 10500. The van der Waals surface area contributed by atoms with Gasteiger partial charge in [0.25, 0.3) is 0 Å². The van der Waals surface area contributed by atoms with Crippen LogP contribution in [0.1, 0.15) is 25.0 Å². The van der Waals surface area contributed by atoms with Crippen LogP contribution in [0.2, 0.25) is 0 Å². The summed E-state index contributed by atoms with van der Waals surface area (Å²) < 4.78 is 19.4. The van der Waals surface area contributed by atoms with E-state index in [2.05, 4.69) is 499 Å². The van der Waals surface area contributed by atoms with Gasteiger partial charge in [0, 0.05) is 48.5 Å². The van der Waals surface area contributed by atoms with Crippen LogP contribution in [0.15, 0.2) is 499 Å². The van der Waals surface area contributed by atoms with Crippen molar-refractivity contribution in [1.29, 1.82) is 0 Å². The number of hydrogen-bond donors (Lipinski definition) is 0. The minimum Gasteiger partial charge on any atom is -0.456 e. The van der Waals surface area contributed by atoms with Crippen LogP contribution in [0.4, 0.5) is 0 Å². The van der Waals surface area contributed by atoms with Crippen molar-refractivity contribution in [3.8, 4) is 89.0 Å². The molecule has 0 N–H and O–H groups in total. The highest BCUT2D eigenvalue weighted by Crippen LogP contribution is 2.55. The lowest BCUT2D eigenvalue weighted by Gasteiger charge is -2.22. The predicted molar refractivity (Wildman–Crippen MR) is 604 cm³/mol. The topological polar surface area (TPSA) is 39.4 Å². The highest BCUT2D eigenvalue weighted by atomic mass is 16.3. The SMILES string of the molecule is CC1(C)c2ccccc2-c2ccc(-c3cccc(-c4c5ccccc5c(-c5ccc6oc7cc8ccccc8cc7c6c5)c5ccccc45)c3)cc21.c1ccc2c(c1)ccc1c(-c3c4ccccc4c(-c4ccc5oc6c7ccccc7ccc6c5c4)c4ccccc34)cccc12.c1ccc2c(c1)ccc1cc(-c3c4ccccc4c(-c4ccc5oc6c7ccccc7ccc6c5c4)c4ccccc34)ccc12. The largest absolute Gasteiger partial charge is 0.456 e. The summed E-state index contributed by atoms with van der Waals surface area (Å²) >= 11 is 0. The third-order valence-corrected chi connectivity index (χ3v) is 30.9. The van der Waals surface area contributed by atoms with Crippen molar-refractivity contribution in [2.75, 3.05) is 0 Å². The molecular formula is C139H86O3. The van der Waals surface area contributed by atoms with Gasteiger partial charge in [-0.05, 0) is 308 Å². The molecule has 0 unspecified atom stereocenters. The maximum atomic E-state index is 6.48. The molecule has 30 aromatic rings. The van der Waals surface area contributed by atoms with Crippen molar-refractivity contribution >= 4 is 206 Å². The Kier molecular flexibility index (Phi) is 18.2. The van der Waals surface area contributed by atoms with E-state index in [1.807, 2.05) is 0 Å². The predicted octanol–water partition coefficient (Wildman–Crippen LogP) is 39.7. The number of benzene rings is 27. The van der Waals surface area contributed by atoms with E-state index in [1.54, 1.807) is 0 Å². The molecule has 0 spiro atoms. The molecule has 142 heavy (non-hydrogen) atoms. The first-order valence-corrected chi connectivity index (χ1v) is 49.2. The van der Waals surface area contributed by atoms with Crippen molar-refractivity contribution in [3.05, 3.63) is 496 Å². The van der Waals surface area contributed by atoms with Crippen LogP contribution >= 0.6 is 0 Å². The van der Waals surface area contributed by atoms with E-state index in [0.29, 0.717) is 0 Å². The van der Waals surface area contributed by atoms with Gasteiger partial charge in [-0.25, -0.2) is 0 Å². The molecule has 3 nitrogen and oxygen atoms in total. The molecule has 0 atom stereocenters. The molecule has 31 rings (SSSR count). The number of rotatable bonds is 7. The Morgan fingerprint density at radius 3 is 0.923 bits per heavy atom.